The second-order valence-electron chi connectivity index (χ2n) is 2.17. The number of hydrogen-bond donors (Lipinski definition) is 0. The quantitative estimate of drug-likeness (QED) is 0.435. The van der Waals surface area contributed by atoms with E-state index in [0.29, 0.717) is 0 Å². The third-order valence-electron chi connectivity index (χ3n) is 1.67. The molecule has 0 atom stereocenters. The van der Waals surface area contributed by atoms with Crippen LogP contribution in [0.4, 0.5) is 0 Å². The minimum Gasteiger partial charge on any atom is -0.213 e. The summed E-state index contributed by atoms with van der Waals surface area (Å²) in [5.41, 5.74) is 3.28. The Morgan fingerprint density at radius 1 is 1.33 bits per heavy atom. The SMILES string of the molecule is c1cc2c3cc1n2nn3. The molecule has 3 nitrogen and oxygen atoms in total. The third-order valence-corrected chi connectivity index (χ3v) is 1.67. The lowest BCUT2D eigenvalue weighted by Gasteiger charge is -1.78. The first-order chi connectivity index (χ1) is 4.45. The van der Waals surface area contributed by atoms with Crippen molar-refractivity contribution in [1.82, 2.24) is 14.8 Å². The molecule has 0 spiro atoms. The molecule has 0 saturated carbocycles. The maximum absolute atomic E-state index is 3.89. The minimum absolute atomic E-state index is 1.01. The van der Waals surface area contributed by atoms with Gasteiger partial charge in [0.15, 0.2) is 0 Å². The molecule has 3 aromatic heterocycles. The lowest BCUT2D eigenvalue weighted by Crippen LogP contribution is -1.81. The Labute approximate surface area is 50.6 Å². The summed E-state index contributed by atoms with van der Waals surface area (Å²) in [4.78, 5) is 0. The molecule has 0 N–H and O–H groups in total. The molecule has 0 saturated heterocycles. The second-order valence-corrected chi connectivity index (χ2v) is 2.17. The van der Waals surface area contributed by atoms with Crippen molar-refractivity contribution in [2.24, 2.45) is 0 Å². The van der Waals surface area contributed by atoms with E-state index in [0.717, 1.165) is 16.6 Å². The molecule has 0 unspecified atom stereocenters. The van der Waals surface area contributed by atoms with Crippen LogP contribution in [0, 0.1) is 0 Å². The van der Waals surface area contributed by atoms with E-state index in [-0.39, 0.29) is 0 Å². The van der Waals surface area contributed by atoms with Gasteiger partial charge in [0.25, 0.3) is 0 Å². The number of rotatable bonds is 0. The highest BCUT2D eigenvalue weighted by molar-refractivity contribution is 5.86. The third kappa shape index (κ3) is 0.233. The van der Waals surface area contributed by atoms with Gasteiger partial charge in [-0.1, -0.05) is 5.21 Å². The summed E-state index contributed by atoms with van der Waals surface area (Å²) in [5, 5.41) is 7.77. The van der Waals surface area contributed by atoms with Crippen molar-refractivity contribution in [1.29, 1.82) is 0 Å². The normalized spacial score (nSPS) is 12.4. The van der Waals surface area contributed by atoms with E-state index in [2.05, 4.69) is 10.3 Å². The fourth-order valence-corrected chi connectivity index (χ4v) is 1.23. The minimum atomic E-state index is 1.01. The predicted molar refractivity (Wildman–Crippen MR) is 32.9 cm³/mol. The first-order valence-corrected chi connectivity index (χ1v) is 2.81. The molecule has 0 aliphatic rings. The zero-order valence-electron chi connectivity index (χ0n) is 4.57. The van der Waals surface area contributed by atoms with Crippen molar-refractivity contribution in [3.63, 3.8) is 0 Å². The van der Waals surface area contributed by atoms with E-state index < -0.39 is 0 Å². The standard InChI is InChI=1S/C6H3N3/c1-2-6-5-3-4(1)9(6)8-7-5/h1-3H. The Balaban J connectivity index is 3.03. The van der Waals surface area contributed by atoms with Crippen LogP contribution in [0.2, 0.25) is 0 Å². The van der Waals surface area contributed by atoms with Crippen LogP contribution in [0.1, 0.15) is 0 Å². The average molecular weight is 117 g/mol. The van der Waals surface area contributed by atoms with Crippen LogP contribution < -0.4 is 0 Å². The van der Waals surface area contributed by atoms with Crippen LogP contribution in [0.5, 0.6) is 0 Å². The molecule has 3 rings (SSSR count). The zero-order chi connectivity index (χ0) is 5.84. The van der Waals surface area contributed by atoms with Gasteiger partial charge < -0.3 is 0 Å². The molecule has 3 heteroatoms. The van der Waals surface area contributed by atoms with Crippen LogP contribution in [0.3, 0.4) is 0 Å². The molecule has 4 bridgehead atoms. The Kier molecular flexibility index (Phi) is 0.344. The van der Waals surface area contributed by atoms with E-state index in [1.54, 1.807) is 0 Å². The highest BCUT2D eigenvalue weighted by Crippen LogP contribution is 2.20. The first-order valence-electron chi connectivity index (χ1n) is 2.81. The molecule has 0 radical (unpaired) electrons. The van der Waals surface area contributed by atoms with Gasteiger partial charge >= 0.3 is 0 Å². The van der Waals surface area contributed by atoms with Gasteiger partial charge in [-0.3, -0.25) is 0 Å². The van der Waals surface area contributed by atoms with Gasteiger partial charge in [-0.05, 0) is 18.2 Å². The second kappa shape index (κ2) is 0.857. The highest BCUT2D eigenvalue weighted by atomic mass is 15.4. The van der Waals surface area contributed by atoms with Crippen LogP contribution in [-0.2, 0) is 0 Å². The Morgan fingerprint density at radius 3 is 2.89 bits per heavy atom. The zero-order valence-corrected chi connectivity index (χ0v) is 4.57. The number of hydrogen-bond acceptors (Lipinski definition) is 2. The summed E-state index contributed by atoms with van der Waals surface area (Å²) in [5.74, 6) is 0. The first kappa shape index (κ1) is 3.61. The van der Waals surface area contributed by atoms with Gasteiger partial charge in [0, 0.05) is 0 Å². The lowest BCUT2D eigenvalue weighted by molar-refractivity contribution is 0.885. The number of aromatic nitrogens is 3. The Bertz CT molecular complexity index is 388. The molecular weight excluding hydrogens is 114 g/mol. The van der Waals surface area contributed by atoms with Gasteiger partial charge in [-0.15, -0.1) is 5.10 Å². The Morgan fingerprint density at radius 2 is 2.33 bits per heavy atom. The summed E-state index contributed by atoms with van der Waals surface area (Å²) >= 11 is 0. The molecule has 42 valence electrons. The number of nitrogens with zero attached hydrogens (tertiary/aromatic N) is 3. The van der Waals surface area contributed by atoms with Gasteiger partial charge in [-0.2, -0.15) is 0 Å². The number of benzene rings is 1. The van der Waals surface area contributed by atoms with E-state index >= 15 is 0 Å². The van der Waals surface area contributed by atoms with Gasteiger partial charge in [0.2, 0.25) is 0 Å². The van der Waals surface area contributed by atoms with Gasteiger partial charge in [-0.25, -0.2) is 4.52 Å². The summed E-state index contributed by atoms with van der Waals surface area (Å²) < 4.78 is 1.84. The fraction of sp³-hybridized carbons (Fsp3) is 0. The summed E-state index contributed by atoms with van der Waals surface area (Å²) in [7, 11) is 0. The molecule has 0 fully saturated rings. The van der Waals surface area contributed by atoms with Crippen molar-refractivity contribution >= 4 is 16.6 Å². The molecule has 3 aromatic rings. The van der Waals surface area contributed by atoms with E-state index in [4.69, 9.17) is 0 Å². The van der Waals surface area contributed by atoms with Crippen LogP contribution in [0.15, 0.2) is 18.2 Å². The molecule has 9 heavy (non-hydrogen) atoms. The predicted octanol–water partition coefficient (Wildman–Crippen LogP) is 0.758. The molecule has 0 aliphatic carbocycles. The molecule has 0 amide bonds. The van der Waals surface area contributed by atoms with Crippen LogP contribution in [0.25, 0.3) is 16.6 Å². The average Bonchev–Trinajstić information content (AvgIpc) is 2.50. The van der Waals surface area contributed by atoms with Crippen LogP contribution in [-0.4, -0.2) is 14.8 Å². The smallest absolute Gasteiger partial charge is 0.115 e. The monoisotopic (exact) mass is 117 g/mol. The van der Waals surface area contributed by atoms with E-state index in [1.807, 2.05) is 22.7 Å². The molecule has 3 heterocycles. The van der Waals surface area contributed by atoms with E-state index in [9.17, 15) is 0 Å². The van der Waals surface area contributed by atoms with E-state index in [1.165, 1.54) is 0 Å². The summed E-state index contributed by atoms with van der Waals surface area (Å²) in [6.45, 7) is 0. The maximum atomic E-state index is 3.89. The lowest BCUT2D eigenvalue weighted by atomic mass is 10.3. The van der Waals surface area contributed by atoms with Crippen molar-refractivity contribution < 1.29 is 0 Å². The van der Waals surface area contributed by atoms with Crippen molar-refractivity contribution in [3.05, 3.63) is 18.2 Å². The molecule has 0 aromatic carbocycles. The van der Waals surface area contributed by atoms with Gasteiger partial charge in [0.1, 0.15) is 5.52 Å². The van der Waals surface area contributed by atoms with Crippen molar-refractivity contribution in [2.75, 3.05) is 0 Å². The van der Waals surface area contributed by atoms with Crippen molar-refractivity contribution in [3.8, 4) is 0 Å². The summed E-state index contributed by atoms with van der Waals surface area (Å²) in [6.07, 6.45) is 0. The maximum Gasteiger partial charge on any atom is 0.115 e. The Hall–Kier alpha value is -1.38. The molecular formula is C6H3N3. The van der Waals surface area contributed by atoms with Crippen molar-refractivity contribution in [2.45, 2.75) is 0 Å². The topological polar surface area (TPSA) is 30.2 Å². The highest BCUT2D eigenvalue weighted by Gasteiger charge is 2.08. The van der Waals surface area contributed by atoms with Crippen LogP contribution >= 0.6 is 0 Å². The summed E-state index contributed by atoms with van der Waals surface area (Å²) in [6, 6.07) is 6.10. The molecule has 0 aliphatic heterocycles. The fourth-order valence-electron chi connectivity index (χ4n) is 1.23. The largest absolute Gasteiger partial charge is 0.213 e. The van der Waals surface area contributed by atoms with Gasteiger partial charge in [0.05, 0.1) is 11.0 Å².